The molecule has 0 unspecified atom stereocenters. The molecule has 5 nitrogen and oxygen atoms in total. The Bertz CT molecular complexity index is 303. The quantitative estimate of drug-likeness (QED) is 0.697. The average Bonchev–Trinajstić information content (AvgIpc) is 2.35. The van der Waals surface area contributed by atoms with E-state index in [1.165, 1.54) is 0 Å². The Hall–Kier alpha value is -1.17. The van der Waals surface area contributed by atoms with E-state index < -0.39 is 0 Å². The van der Waals surface area contributed by atoms with Crippen molar-refractivity contribution in [1.29, 1.82) is 0 Å². The lowest BCUT2D eigenvalue weighted by Gasteiger charge is -2.14. The minimum absolute atomic E-state index is 0.234. The molecule has 90 valence electrons. The van der Waals surface area contributed by atoms with Crippen molar-refractivity contribution in [1.82, 2.24) is 10.3 Å². The molecule has 0 atom stereocenters. The summed E-state index contributed by atoms with van der Waals surface area (Å²) in [6.45, 7) is 1.28. The summed E-state index contributed by atoms with van der Waals surface area (Å²) in [7, 11) is 4.83. The lowest BCUT2D eigenvalue weighted by atomic mass is 10.2. The van der Waals surface area contributed by atoms with Crippen LogP contribution in [0.5, 0.6) is 5.88 Å². The van der Waals surface area contributed by atoms with Crippen LogP contribution in [0.25, 0.3) is 0 Å². The number of pyridine rings is 1. The van der Waals surface area contributed by atoms with E-state index in [1.807, 2.05) is 12.1 Å². The van der Waals surface area contributed by atoms with Gasteiger partial charge in [-0.25, -0.2) is 4.98 Å². The number of ether oxygens (including phenoxy) is 3. The van der Waals surface area contributed by atoms with Crippen LogP contribution in [0.3, 0.4) is 0 Å². The molecule has 0 fully saturated rings. The van der Waals surface area contributed by atoms with E-state index in [9.17, 15) is 0 Å². The first-order valence-corrected chi connectivity index (χ1v) is 5.06. The van der Waals surface area contributed by atoms with Gasteiger partial charge >= 0.3 is 0 Å². The SMILES string of the molecule is COc1ncccc1CNCC(OC)OC. The minimum atomic E-state index is -0.234. The molecule has 1 rings (SSSR count). The van der Waals surface area contributed by atoms with E-state index in [2.05, 4.69) is 10.3 Å². The maximum Gasteiger partial charge on any atom is 0.217 e. The molecule has 0 aromatic carbocycles. The number of hydrogen-bond acceptors (Lipinski definition) is 5. The van der Waals surface area contributed by atoms with Crippen molar-refractivity contribution in [2.24, 2.45) is 0 Å². The van der Waals surface area contributed by atoms with E-state index in [-0.39, 0.29) is 6.29 Å². The molecule has 0 amide bonds. The Balaban J connectivity index is 2.42. The Morgan fingerprint density at radius 3 is 2.69 bits per heavy atom. The van der Waals surface area contributed by atoms with E-state index in [0.29, 0.717) is 19.0 Å². The Kier molecular flexibility index (Phi) is 5.77. The van der Waals surface area contributed by atoms with Gasteiger partial charge in [-0.2, -0.15) is 0 Å². The Morgan fingerprint density at radius 2 is 2.06 bits per heavy atom. The number of rotatable bonds is 7. The summed E-state index contributed by atoms with van der Waals surface area (Å²) in [4.78, 5) is 4.11. The van der Waals surface area contributed by atoms with Gasteiger partial charge in [0.15, 0.2) is 6.29 Å². The third kappa shape index (κ3) is 3.77. The van der Waals surface area contributed by atoms with Crippen LogP contribution in [0.1, 0.15) is 5.56 Å². The normalized spacial score (nSPS) is 10.8. The van der Waals surface area contributed by atoms with E-state index in [4.69, 9.17) is 14.2 Å². The van der Waals surface area contributed by atoms with Gasteiger partial charge in [0.1, 0.15) is 0 Å². The second kappa shape index (κ2) is 7.16. The van der Waals surface area contributed by atoms with E-state index in [1.54, 1.807) is 27.5 Å². The van der Waals surface area contributed by atoms with Gasteiger partial charge in [0.05, 0.1) is 7.11 Å². The maximum absolute atomic E-state index is 5.14. The standard InChI is InChI=1S/C11H18N2O3/c1-14-10(15-2)8-12-7-9-5-4-6-13-11(9)16-3/h4-6,10,12H,7-8H2,1-3H3. The van der Waals surface area contributed by atoms with Crippen LogP contribution in [0.4, 0.5) is 0 Å². The van der Waals surface area contributed by atoms with E-state index >= 15 is 0 Å². The number of aromatic nitrogens is 1. The van der Waals surface area contributed by atoms with Crippen molar-refractivity contribution in [3.63, 3.8) is 0 Å². The molecule has 1 heterocycles. The second-order valence-electron chi connectivity index (χ2n) is 3.20. The van der Waals surface area contributed by atoms with Gasteiger partial charge in [-0.05, 0) is 6.07 Å². The monoisotopic (exact) mass is 226 g/mol. The van der Waals surface area contributed by atoms with Crippen molar-refractivity contribution < 1.29 is 14.2 Å². The predicted molar refractivity (Wildman–Crippen MR) is 60.3 cm³/mol. The largest absolute Gasteiger partial charge is 0.481 e. The third-order valence-electron chi connectivity index (χ3n) is 2.20. The van der Waals surface area contributed by atoms with Gasteiger partial charge in [0, 0.05) is 39.1 Å². The minimum Gasteiger partial charge on any atom is -0.481 e. The summed E-state index contributed by atoms with van der Waals surface area (Å²) in [6, 6.07) is 3.84. The van der Waals surface area contributed by atoms with Crippen molar-refractivity contribution >= 4 is 0 Å². The van der Waals surface area contributed by atoms with Crippen LogP contribution in [-0.2, 0) is 16.0 Å². The van der Waals surface area contributed by atoms with Gasteiger partial charge in [-0.15, -0.1) is 0 Å². The van der Waals surface area contributed by atoms with Crippen molar-refractivity contribution in [3.8, 4) is 5.88 Å². The highest BCUT2D eigenvalue weighted by atomic mass is 16.7. The molecular formula is C11H18N2O3. The van der Waals surface area contributed by atoms with E-state index in [0.717, 1.165) is 5.56 Å². The molecule has 0 aliphatic rings. The molecular weight excluding hydrogens is 208 g/mol. The fraction of sp³-hybridized carbons (Fsp3) is 0.545. The lowest BCUT2D eigenvalue weighted by Crippen LogP contribution is -2.29. The Labute approximate surface area is 95.7 Å². The maximum atomic E-state index is 5.14. The fourth-order valence-corrected chi connectivity index (χ4v) is 1.33. The first-order valence-electron chi connectivity index (χ1n) is 5.06. The summed E-state index contributed by atoms with van der Waals surface area (Å²) >= 11 is 0. The van der Waals surface area contributed by atoms with Crippen molar-refractivity contribution in [2.45, 2.75) is 12.8 Å². The highest BCUT2D eigenvalue weighted by molar-refractivity contribution is 5.24. The molecule has 0 spiro atoms. The van der Waals surface area contributed by atoms with Gasteiger partial charge in [-0.1, -0.05) is 6.07 Å². The molecule has 5 heteroatoms. The van der Waals surface area contributed by atoms with Gasteiger partial charge < -0.3 is 19.5 Å². The molecule has 1 aromatic rings. The zero-order valence-corrected chi connectivity index (χ0v) is 9.90. The fourth-order valence-electron chi connectivity index (χ4n) is 1.33. The first kappa shape index (κ1) is 12.9. The number of methoxy groups -OCH3 is 3. The topological polar surface area (TPSA) is 52.6 Å². The predicted octanol–water partition coefficient (Wildman–Crippen LogP) is 0.799. The zero-order valence-electron chi connectivity index (χ0n) is 9.90. The average molecular weight is 226 g/mol. The van der Waals surface area contributed by atoms with Crippen molar-refractivity contribution in [2.75, 3.05) is 27.9 Å². The van der Waals surface area contributed by atoms with Gasteiger partial charge in [0.25, 0.3) is 0 Å². The van der Waals surface area contributed by atoms with Crippen LogP contribution < -0.4 is 10.1 Å². The smallest absolute Gasteiger partial charge is 0.217 e. The summed E-state index contributed by atoms with van der Waals surface area (Å²) < 4.78 is 15.3. The van der Waals surface area contributed by atoms with Crippen LogP contribution >= 0.6 is 0 Å². The summed E-state index contributed by atoms with van der Waals surface area (Å²) in [5.41, 5.74) is 1.01. The molecule has 0 saturated heterocycles. The van der Waals surface area contributed by atoms with Crippen LogP contribution in [0.2, 0.25) is 0 Å². The molecule has 0 saturated carbocycles. The van der Waals surface area contributed by atoms with Crippen LogP contribution in [0, 0.1) is 0 Å². The highest BCUT2D eigenvalue weighted by Crippen LogP contribution is 2.12. The van der Waals surface area contributed by atoms with Crippen LogP contribution in [0.15, 0.2) is 18.3 Å². The van der Waals surface area contributed by atoms with Gasteiger partial charge in [-0.3, -0.25) is 0 Å². The molecule has 1 N–H and O–H groups in total. The number of nitrogens with one attached hydrogen (secondary N) is 1. The van der Waals surface area contributed by atoms with Gasteiger partial charge in [0.2, 0.25) is 5.88 Å². The Morgan fingerprint density at radius 1 is 1.31 bits per heavy atom. The summed E-state index contributed by atoms with van der Waals surface area (Å²) in [6.07, 6.45) is 1.47. The molecule has 1 aromatic heterocycles. The molecule has 0 aliphatic carbocycles. The van der Waals surface area contributed by atoms with Crippen LogP contribution in [-0.4, -0.2) is 39.1 Å². The second-order valence-corrected chi connectivity index (χ2v) is 3.20. The molecule has 0 bridgehead atoms. The zero-order chi connectivity index (χ0) is 11.8. The number of nitrogens with zero attached hydrogens (tertiary/aromatic N) is 1. The summed E-state index contributed by atoms with van der Waals surface area (Å²) in [5, 5.41) is 3.21. The first-order chi connectivity index (χ1) is 7.81. The highest BCUT2D eigenvalue weighted by Gasteiger charge is 2.06. The van der Waals surface area contributed by atoms with Crippen molar-refractivity contribution in [3.05, 3.63) is 23.9 Å². The molecule has 0 aliphatic heterocycles. The molecule has 0 radical (unpaired) electrons. The third-order valence-corrected chi connectivity index (χ3v) is 2.20. The molecule has 16 heavy (non-hydrogen) atoms. The number of hydrogen-bond donors (Lipinski definition) is 1. The lowest BCUT2D eigenvalue weighted by molar-refractivity contribution is -0.0989. The summed E-state index contributed by atoms with van der Waals surface area (Å²) in [5.74, 6) is 0.640.